The predicted octanol–water partition coefficient (Wildman–Crippen LogP) is 2.74. The van der Waals surface area contributed by atoms with E-state index >= 15 is 0 Å². The summed E-state index contributed by atoms with van der Waals surface area (Å²) in [6.07, 6.45) is 4.38. The van der Waals surface area contributed by atoms with Crippen molar-refractivity contribution < 1.29 is 9.53 Å². The zero-order chi connectivity index (χ0) is 11.8. The summed E-state index contributed by atoms with van der Waals surface area (Å²) in [6, 6.07) is 6.88. The highest BCUT2D eigenvalue weighted by Crippen LogP contribution is 2.14. The number of ether oxygens (including phenoxy) is 1. The second-order valence-corrected chi connectivity index (χ2v) is 3.14. The molecular formula is C12H16N2O2. The second kappa shape index (κ2) is 6.50. The van der Waals surface area contributed by atoms with Crippen LogP contribution in [0.4, 0.5) is 10.5 Å². The average Bonchev–Trinajstić information content (AvgIpc) is 2.30. The third kappa shape index (κ3) is 4.04. The molecule has 4 heteroatoms. The predicted molar refractivity (Wildman–Crippen MR) is 64.6 cm³/mol. The van der Waals surface area contributed by atoms with Crippen molar-refractivity contribution in [3.63, 3.8) is 0 Å². The van der Waals surface area contributed by atoms with Crippen molar-refractivity contribution in [2.24, 2.45) is 0 Å². The Hall–Kier alpha value is -1.97. The van der Waals surface area contributed by atoms with Crippen LogP contribution in [0.1, 0.15) is 13.3 Å². The highest BCUT2D eigenvalue weighted by Gasteiger charge is 1.98. The van der Waals surface area contributed by atoms with Gasteiger partial charge in [0.15, 0.2) is 0 Å². The number of nitrogens with one attached hydrogen (secondary N) is 2. The summed E-state index contributed by atoms with van der Waals surface area (Å²) in [5.41, 5.74) is 0.725. The van der Waals surface area contributed by atoms with Crippen LogP contribution in [0.25, 0.3) is 0 Å². The number of urea groups is 1. The summed E-state index contributed by atoms with van der Waals surface area (Å²) >= 11 is 0. The van der Waals surface area contributed by atoms with Gasteiger partial charge >= 0.3 is 6.03 Å². The fraction of sp³-hybridized carbons (Fsp3) is 0.250. The summed E-state index contributed by atoms with van der Waals surface area (Å²) in [5.74, 6) is 0.761. The Labute approximate surface area is 95.3 Å². The number of carbonyl (C=O) groups is 1. The molecule has 0 aromatic heterocycles. The van der Waals surface area contributed by atoms with Crippen LogP contribution in [0.2, 0.25) is 0 Å². The second-order valence-electron chi connectivity index (χ2n) is 3.14. The molecule has 4 nitrogen and oxygen atoms in total. The molecule has 2 N–H and O–H groups in total. The fourth-order valence-electron chi connectivity index (χ4n) is 1.09. The number of hydrogen-bond acceptors (Lipinski definition) is 2. The molecule has 0 aliphatic rings. The molecular weight excluding hydrogens is 204 g/mol. The minimum Gasteiger partial charge on any atom is -0.497 e. The lowest BCUT2D eigenvalue weighted by Crippen LogP contribution is -2.23. The van der Waals surface area contributed by atoms with Gasteiger partial charge < -0.3 is 15.4 Å². The van der Waals surface area contributed by atoms with Crippen molar-refractivity contribution >= 4 is 11.7 Å². The van der Waals surface area contributed by atoms with Gasteiger partial charge in [0.25, 0.3) is 0 Å². The highest BCUT2D eigenvalue weighted by atomic mass is 16.5. The van der Waals surface area contributed by atoms with Crippen molar-refractivity contribution in [1.29, 1.82) is 0 Å². The van der Waals surface area contributed by atoms with E-state index in [1.54, 1.807) is 37.6 Å². The van der Waals surface area contributed by atoms with Gasteiger partial charge in [0.2, 0.25) is 0 Å². The van der Waals surface area contributed by atoms with E-state index in [0.717, 1.165) is 17.9 Å². The molecule has 0 saturated carbocycles. The van der Waals surface area contributed by atoms with E-state index < -0.39 is 0 Å². The molecule has 86 valence electrons. The Morgan fingerprint density at radius 1 is 1.38 bits per heavy atom. The zero-order valence-electron chi connectivity index (χ0n) is 9.49. The van der Waals surface area contributed by atoms with Crippen LogP contribution in [0, 0.1) is 0 Å². The fourth-order valence-corrected chi connectivity index (χ4v) is 1.09. The van der Waals surface area contributed by atoms with Crippen LogP contribution in [-0.2, 0) is 0 Å². The van der Waals surface area contributed by atoms with Crippen molar-refractivity contribution in [1.82, 2.24) is 5.32 Å². The van der Waals surface area contributed by atoms with Gasteiger partial charge in [0.05, 0.1) is 7.11 Å². The van der Waals surface area contributed by atoms with E-state index in [0.29, 0.717) is 0 Å². The third-order valence-corrected chi connectivity index (χ3v) is 1.92. The van der Waals surface area contributed by atoms with Gasteiger partial charge in [-0.25, -0.2) is 4.79 Å². The molecule has 0 atom stereocenters. The molecule has 16 heavy (non-hydrogen) atoms. The van der Waals surface area contributed by atoms with E-state index in [-0.39, 0.29) is 6.03 Å². The standard InChI is InChI=1S/C12H16N2O2/c1-3-4-9-13-12(15)14-10-5-7-11(16-2)8-6-10/h4-9H,3H2,1-2H3,(H2,13,14,15)/b9-4+. The molecule has 0 saturated heterocycles. The quantitative estimate of drug-likeness (QED) is 0.819. The molecule has 0 spiro atoms. The Morgan fingerprint density at radius 2 is 2.06 bits per heavy atom. The number of rotatable bonds is 4. The Morgan fingerprint density at radius 3 is 2.62 bits per heavy atom. The van der Waals surface area contributed by atoms with Gasteiger partial charge in [-0.1, -0.05) is 13.0 Å². The first-order valence-corrected chi connectivity index (χ1v) is 5.13. The van der Waals surface area contributed by atoms with E-state index in [9.17, 15) is 4.79 Å². The van der Waals surface area contributed by atoms with E-state index in [1.807, 2.05) is 13.0 Å². The maximum atomic E-state index is 11.3. The van der Waals surface area contributed by atoms with Gasteiger partial charge in [-0.2, -0.15) is 0 Å². The van der Waals surface area contributed by atoms with E-state index in [2.05, 4.69) is 10.6 Å². The van der Waals surface area contributed by atoms with Crippen molar-refractivity contribution in [3.8, 4) is 5.75 Å². The van der Waals surface area contributed by atoms with Crippen molar-refractivity contribution in [3.05, 3.63) is 36.5 Å². The molecule has 0 radical (unpaired) electrons. The lowest BCUT2D eigenvalue weighted by atomic mass is 10.3. The minimum absolute atomic E-state index is 0.255. The first-order chi connectivity index (χ1) is 7.76. The SMILES string of the molecule is CC/C=C/NC(=O)Nc1ccc(OC)cc1. The molecule has 1 rings (SSSR count). The van der Waals surface area contributed by atoms with Crippen LogP contribution in [0.5, 0.6) is 5.75 Å². The topological polar surface area (TPSA) is 50.4 Å². The molecule has 0 aliphatic heterocycles. The molecule has 0 aliphatic carbocycles. The van der Waals surface area contributed by atoms with Gasteiger partial charge in [-0.15, -0.1) is 0 Å². The van der Waals surface area contributed by atoms with Crippen LogP contribution in [0.3, 0.4) is 0 Å². The first-order valence-electron chi connectivity index (χ1n) is 5.13. The van der Waals surface area contributed by atoms with Crippen molar-refractivity contribution in [2.45, 2.75) is 13.3 Å². The third-order valence-electron chi connectivity index (χ3n) is 1.92. The van der Waals surface area contributed by atoms with Crippen LogP contribution < -0.4 is 15.4 Å². The number of methoxy groups -OCH3 is 1. The van der Waals surface area contributed by atoms with Gasteiger partial charge in [0.1, 0.15) is 5.75 Å². The number of amides is 2. The summed E-state index contributed by atoms with van der Waals surface area (Å²) in [6.45, 7) is 2.00. The maximum Gasteiger partial charge on any atom is 0.323 e. The Balaban J connectivity index is 2.46. The van der Waals surface area contributed by atoms with Crippen LogP contribution in [0.15, 0.2) is 36.5 Å². The van der Waals surface area contributed by atoms with E-state index in [1.165, 1.54) is 0 Å². The Kier molecular flexibility index (Phi) is 4.92. The van der Waals surface area contributed by atoms with Gasteiger partial charge in [-0.3, -0.25) is 0 Å². The van der Waals surface area contributed by atoms with Gasteiger partial charge in [-0.05, 0) is 30.7 Å². The van der Waals surface area contributed by atoms with Crippen molar-refractivity contribution in [2.75, 3.05) is 12.4 Å². The first kappa shape index (κ1) is 12.1. The molecule has 0 fully saturated rings. The summed E-state index contributed by atoms with van der Waals surface area (Å²) in [5, 5.41) is 5.29. The lowest BCUT2D eigenvalue weighted by molar-refractivity contribution is 0.255. The summed E-state index contributed by atoms with van der Waals surface area (Å²) in [7, 11) is 1.60. The molecule has 0 bridgehead atoms. The lowest BCUT2D eigenvalue weighted by Gasteiger charge is -2.05. The minimum atomic E-state index is -0.255. The Bertz CT molecular complexity index is 358. The summed E-state index contributed by atoms with van der Waals surface area (Å²) < 4.78 is 5.01. The number of benzene rings is 1. The van der Waals surface area contributed by atoms with Crippen LogP contribution in [-0.4, -0.2) is 13.1 Å². The maximum absolute atomic E-state index is 11.3. The molecule has 1 aromatic carbocycles. The highest BCUT2D eigenvalue weighted by molar-refractivity contribution is 5.89. The van der Waals surface area contributed by atoms with E-state index in [4.69, 9.17) is 4.74 Å². The number of allylic oxidation sites excluding steroid dienone is 1. The number of anilines is 1. The molecule has 2 amide bonds. The largest absolute Gasteiger partial charge is 0.497 e. The van der Waals surface area contributed by atoms with Crippen LogP contribution >= 0.6 is 0 Å². The number of carbonyl (C=O) groups excluding carboxylic acids is 1. The summed E-state index contributed by atoms with van der Waals surface area (Å²) in [4.78, 5) is 11.3. The smallest absolute Gasteiger partial charge is 0.323 e. The molecule has 0 unspecified atom stereocenters. The van der Waals surface area contributed by atoms with Gasteiger partial charge in [0, 0.05) is 11.9 Å². The molecule has 1 aromatic rings. The normalized spacial score (nSPS) is 10.1. The molecule has 0 heterocycles. The average molecular weight is 220 g/mol. The monoisotopic (exact) mass is 220 g/mol. The number of hydrogen-bond donors (Lipinski definition) is 2. The zero-order valence-corrected chi connectivity index (χ0v) is 9.49.